The van der Waals surface area contributed by atoms with Gasteiger partial charge in [0.25, 0.3) is 0 Å². The number of ether oxygens (including phenoxy) is 1. The van der Waals surface area contributed by atoms with E-state index in [0.29, 0.717) is 12.1 Å². The molecule has 2 saturated carbocycles. The summed E-state index contributed by atoms with van der Waals surface area (Å²) in [5.41, 5.74) is 4.99. The van der Waals surface area contributed by atoms with Gasteiger partial charge in [0.15, 0.2) is 0 Å². The second kappa shape index (κ2) is 7.10. The molecule has 4 heteroatoms. The summed E-state index contributed by atoms with van der Waals surface area (Å²) in [4.78, 5) is 11.7. The van der Waals surface area contributed by atoms with Crippen LogP contribution in [0.15, 0.2) is 0 Å². The van der Waals surface area contributed by atoms with Gasteiger partial charge in [0.05, 0.1) is 11.6 Å². The Labute approximate surface area is 129 Å². The highest BCUT2D eigenvalue weighted by Gasteiger charge is 2.36. The first kappa shape index (κ1) is 16.8. The third kappa shape index (κ3) is 4.96. The molecule has 0 aliphatic heterocycles. The second-order valence-corrected chi connectivity index (χ2v) is 7.48. The van der Waals surface area contributed by atoms with Crippen molar-refractivity contribution in [3.63, 3.8) is 0 Å². The summed E-state index contributed by atoms with van der Waals surface area (Å²) in [6.45, 7) is 7.33. The van der Waals surface area contributed by atoms with E-state index >= 15 is 0 Å². The van der Waals surface area contributed by atoms with Gasteiger partial charge in [-0.05, 0) is 63.7 Å². The van der Waals surface area contributed by atoms with Gasteiger partial charge in [-0.2, -0.15) is 0 Å². The van der Waals surface area contributed by atoms with E-state index < -0.39 is 5.54 Å². The van der Waals surface area contributed by atoms with Crippen molar-refractivity contribution in [1.82, 2.24) is 5.32 Å². The van der Waals surface area contributed by atoms with Crippen molar-refractivity contribution in [3.8, 4) is 0 Å². The number of hydrogen-bond donors (Lipinski definition) is 2. The Bertz CT molecular complexity index is 357. The molecule has 2 fully saturated rings. The van der Waals surface area contributed by atoms with Crippen LogP contribution in [0.25, 0.3) is 0 Å². The third-order valence-electron chi connectivity index (χ3n) is 5.37. The first-order valence-corrected chi connectivity index (χ1v) is 8.60. The van der Waals surface area contributed by atoms with E-state index in [1.54, 1.807) is 0 Å². The van der Waals surface area contributed by atoms with Crippen LogP contribution in [-0.2, 0) is 9.53 Å². The zero-order valence-electron chi connectivity index (χ0n) is 13.9. The summed E-state index contributed by atoms with van der Waals surface area (Å²) >= 11 is 0. The standard InChI is InChI=1S/C17H32N2O2/c1-12-5-8-15(11-13(12)2)21-10-4-9-17(3,16(18)20)19-14-6-7-14/h12-15,19H,4-11H2,1-3H3,(H2,18,20). The number of nitrogens with one attached hydrogen (secondary N) is 1. The second-order valence-electron chi connectivity index (χ2n) is 7.48. The molecule has 2 aliphatic rings. The van der Waals surface area contributed by atoms with Gasteiger partial charge in [0.1, 0.15) is 0 Å². The normalized spacial score (nSPS) is 32.6. The van der Waals surface area contributed by atoms with Crippen LogP contribution in [0, 0.1) is 11.8 Å². The summed E-state index contributed by atoms with van der Waals surface area (Å²) < 4.78 is 6.02. The molecule has 4 nitrogen and oxygen atoms in total. The molecule has 0 aromatic carbocycles. The van der Waals surface area contributed by atoms with Crippen molar-refractivity contribution in [3.05, 3.63) is 0 Å². The van der Waals surface area contributed by atoms with Crippen molar-refractivity contribution in [2.45, 2.75) is 83.4 Å². The van der Waals surface area contributed by atoms with E-state index in [2.05, 4.69) is 19.2 Å². The molecule has 21 heavy (non-hydrogen) atoms. The first-order chi connectivity index (χ1) is 9.90. The summed E-state index contributed by atoms with van der Waals surface area (Å²) in [5.74, 6) is 1.34. The van der Waals surface area contributed by atoms with Crippen LogP contribution >= 0.6 is 0 Å². The van der Waals surface area contributed by atoms with E-state index in [9.17, 15) is 4.79 Å². The van der Waals surface area contributed by atoms with Gasteiger partial charge in [-0.3, -0.25) is 4.79 Å². The maximum Gasteiger partial charge on any atom is 0.237 e. The zero-order valence-corrected chi connectivity index (χ0v) is 13.9. The molecule has 2 aliphatic carbocycles. The fourth-order valence-electron chi connectivity index (χ4n) is 3.27. The molecule has 0 aromatic rings. The molecule has 2 rings (SSSR count). The molecule has 122 valence electrons. The van der Waals surface area contributed by atoms with Gasteiger partial charge < -0.3 is 15.8 Å². The minimum absolute atomic E-state index is 0.241. The van der Waals surface area contributed by atoms with Crippen LogP contribution in [0.2, 0.25) is 0 Å². The highest BCUT2D eigenvalue weighted by Crippen LogP contribution is 2.31. The van der Waals surface area contributed by atoms with Crippen molar-refractivity contribution in [2.75, 3.05) is 6.61 Å². The van der Waals surface area contributed by atoms with Gasteiger partial charge in [0, 0.05) is 12.6 Å². The van der Waals surface area contributed by atoms with E-state index in [4.69, 9.17) is 10.5 Å². The lowest BCUT2D eigenvalue weighted by Crippen LogP contribution is -2.54. The lowest BCUT2D eigenvalue weighted by Gasteiger charge is -2.32. The molecule has 0 heterocycles. The van der Waals surface area contributed by atoms with Gasteiger partial charge in [-0.15, -0.1) is 0 Å². The van der Waals surface area contributed by atoms with Crippen LogP contribution in [0.3, 0.4) is 0 Å². The summed E-state index contributed by atoms with van der Waals surface area (Å²) in [6.07, 6.45) is 8.01. The van der Waals surface area contributed by atoms with Crippen molar-refractivity contribution in [2.24, 2.45) is 17.6 Å². The maximum absolute atomic E-state index is 11.7. The predicted molar refractivity (Wildman–Crippen MR) is 84.9 cm³/mol. The highest BCUT2D eigenvalue weighted by molar-refractivity contribution is 5.84. The van der Waals surface area contributed by atoms with E-state index in [1.807, 2.05) is 6.92 Å². The predicted octanol–water partition coefficient (Wildman–Crippen LogP) is 2.60. The monoisotopic (exact) mass is 296 g/mol. The number of nitrogens with two attached hydrogens (primary N) is 1. The lowest BCUT2D eigenvalue weighted by atomic mass is 9.80. The van der Waals surface area contributed by atoms with Crippen LogP contribution in [-0.4, -0.2) is 30.2 Å². The Kier molecular flexibility index (Phi) is 5.67. The average molecular weight is 296 g/mol. The van der Waals surface area contributed by atoms with Crippen molar-refractivity contribution < 1.29 is 9.53 Å². The molecule has 1 amide bonds. The average Bonchev–Trinajstić information content (AvgIpc) is 3.22. The van der Waals surface area contributed by atoms with Gasteiger partial charge in [-0.1, -0.05) is 13.8 Å². The Morgan fingerprint density at radius 3 is 2.52 bits per heavy atom. The third-order valence-corrected chi connectivity index (χ3v) is 5.37. The minimum Gasteiger partial charge on any atom is -0.378 e. The fourth-order valence-corrected chi connectivity index (χ4v) is 3.27. The quantitative estimate of drug-likeness (QED) is 0.677. The Hall–Kier alpha value is -0.610. The molecule has 3 N–H and O–H groups in total. The topological polar surface area (TPSA) is 64.3 Å². The molecule has 0 saturated heterocycles. The molecule has 0 aromatic heterocycles. The zero-order chi connectivity index (χ0) is 15.5. The molecule has 4 atom stereocenters. The number of amides is 1. The van der Waals surface area contributed by atoms with Crippen molar-refractivity contribution >= 4 is 5.91 Å². The molecule has 0 spiro atoms. The largest absolute Gasteiger partial charge is 0.378 e. The van der Waals surface area contributed by atoms with Crippen LogP contribution < -0.4 is 11.1 Å². The van der Waals surface area contributed by atoms with E-state index in [1.165, 1.54) is 19.3 Å². The summed E-state index contributed by atoms with van der Waals surface area (Å²) in [7, 11) is 0. The Morgan fingerprint density at radius 1 is 1.24 bits per heavy atom. The molecular weight excluding hydrogens is 264 g/mol. The van der Waals surface area contributed by atoms with E-state index in [-0.39, 0.29) is 5.91 Å². The molecule has 4 unspecified atom stereocenters. The Balaban J connectivity index is 1.66. The lowest BCUT2D eigenvalue weighted by molar-refractivity contribution is -0.124. The van der Waals surface area contributed by atoms with Crippen LogP contribution in [0.4, 0.5) is 0 Å². The maximum atomic E-state index is 11.7. The van der Waals surface area contributed by atoms with Gasteiger partial charge in [-0.25, -0.2) is 0 Å². The summed E-state index contributed by atoms with van der Waals surface area (Å²) in [5, 5.41) is 3.39. The van der Waals surface area contributed by atoms with Gasteiger partial charge >= 0.3 is 0 Å². The Morgan fingerprint density at radius 2 is 1.95 bits per heavy atom. The number of hydrogen-bond acceptors (Lipinski definition) is 3. The minimum atomic E-state index is -0.571. The molecule has 0 bridgehead atoms. The smallest absolute Gasteiger partial charge is 0.237 e. The molecular formula is C17H32N2O2. The number of carbonyl (C=O) groups is 1. The first-order valence-electron chi connectivity index (χ1n) is 8.60. The molecule has 0 radical (unpaired) electrons. The SMILES string of the molecule is CC1CCC(OCCCC(C)(NC2CC2)C(N)=O)CC1C. The van der Waals surface area contributed by atoms with Gasteiger partial charge in [0.2, 0.25) is 5.91 Å². The highest BCUT2D eigenvalue weighted by atomic mass is 16.5. The number of carbonyl (C=O) groups excluding carboxylic acids is 1. The van der Waals surface area contributed by atoms with Crippen LogP contribution in [0.5, 0.6) is 0 Å². The van der Waals surface area contributed by atoms with E-state index in [0.717, 1.165) is 44.1 Å². The van der Waals surface area contributed by atoms with Crippen molar-refractivity contribution in [1.29, 1.82) is 0 Å². The fraction of sp³-hybridized carbons (Fsp3) is 0.941. The number of rotatable bonds is 8. The van der Waals surface area contributed by atoms with Crippen LogP contribution in [0.1, 0.15) is 65.7 Å². The number of primary amides is 1. The summed E-state index contributed by atoms with van der Waals surface area (Å²) in [6, 6.07) is 0.490.